The van der Waals surface area contributed by atoms with Crippen molar-refractivity contribution >= 4 is 28.4 Å². The van der Waals surface area contributed by atoms with Gasteiger partial charge in [0, 0.05) is 18.4 Å². The molecule has 9 heteroatoms. The lowest BCUT2D eigenvalue weighted by Crippen LogP contribution is -2.45. The SMILES string of the molecule is O=C1CCC(n2c(C3CC3)nc3cccc([N+](=O)[O-])c3c2=O)C(=O)N1. The maximum atomic E-state index is 13.1. The molecule has 1 saturated carbocycles. The van der Waals surface area contributed by atoms with E-state index in [-0.39, 0.29) is 41.3 Å². The zero-order chi connectivity index (χ0) is 17.7. The second-order valence-corrected chi connectivity index (χ2v) is 6.31. The minimum absolute atomic E-state index is 0.0572. The summed E-state index contributed by atoms with van der Waals surface area (Å²) in [6.45, 7) is 0. The van der Waals surface area contributed by atoms with Gasteiger partial charge < -0.3 is 0 Å². The lowest BCUT2D eigenvalue weighted by atomic mass is 10.0. The van der Waals surface area contributed by atoms with Crippen LogP contribution in [-0.2, 0) is 9.59 Å². The summed E-state index contributed by atoms with van der Waals surface area (Å²) in [5, 5.41) is 13.4. The van der Waals surface area contributed by atoms with Gasteiger partial charge in [0.1, 0.15) is 17.3 Å². The summed E-state index contributed by atoms with van der Waals surface area (Å²) in [5.74, 6) is -0.434. The number of carbonyl (C=O) groups is 2. The largest absolute Gasteiger partial charge is 0.295 e. The minimum atomic E-state index is -0.877. The number of piperidine rings is 1. The van der Waals surface area contributed by atoms with Crippen molar-refractivity contribution in [1.82, 2.24) is 14.9 Å². The Hall–Kier alpha value is -3.10. The van der Waals surface area contributed by atoms with E-state index in [9.17, 15) is 24.5 Å². The molecule has 1 atom stereocenters. The van der Waals surface area contributed by atoms with Gasteiger partial charge in [-0.1, -0.05) is 6.07 Å². The van der Waals surface area contributed by atoms with E-state index in [4.69, 9.17) is 0 Å². The molecule has 4 rings (SSSR count). The predicted molar refractivity (Wildman–Crippen MR) is 86.1 cm³/mol. The van der Waals surface area contributed by atoms with Crippen molar-refractivity contribution in [2.45, 2.75) is 37.6 Å². The summed E-state index contributed by atoms with van der Waals surface area (Å²) in [6.07, 6.45) is 1.99. The summed E-state index contributed by atoms with van der Waals surface area (Å²) < 4.78 is 1.26. The van der Waals surface area contributed by atoms with E-state index >= 15 is 0 Å². The fraction of sp³-hybridized carbons (Fsp3) is 0.375. The highest BCUT2D eigenvalue weighted by Crippen LogP contribution is 2.40. The molecule has 2 aromatic rings. The zero-order valence-electron chi connectivity index (χ0n) is 13.1. The Labute approximate surface area is 140 Å². The van der Waals surface area contributed by atoms with E-state index in [2.05, 4.69) is 10.3 Å². The molecule has 2 fully saturated rings. The van der Waals surface area contributed by atoms with Crippen molar-refractivity contribution in [1.29, 1.82) is 0 Å². The second-order valence-electron chi connectivity index (χ2n) is 6.31. The standard InChI is InChI=1S/C16H14N4O5/c21-12-7-6-11(15(22)18-12)19-14(8-4-5-8)17-9-2-1-3-10(20(24)25)13(9)16(19)23/h1-3,8,11H,4-7H2,(H,18,21,22). The van der Waals surface area contributed by atoms with E-state index in [1.165, 1.54) is 16.7 Å². The summed E-state index contributed by atoms with van der Waals surface area (Å²) >= 11 is 0. The molecule has 25 heavy (non-hydrogen) atoms. The van der Waals surface area contributed by atoms with Crippen molar-refractivity contribution in [3.63, 3.8) is 0 Å². The second kappa shape index (κ2) is 5.47. The molecule has 2 aliphatic rings. The van der Waals surface area contributed by atoms with Crippen LogP contribution in [0.4, 0.5) is 5.69 Å². The van der Waals surface area contributed by atoms with Crippen LogP contribution >= 0.6 is 0 Å². The average molecular weight is 342 g/mol. The number of amides is 2. The Kier molecular flexibility index (Phi) is 3.38. The third kappa shape index (κ3) is 2.48. The number of imide groups is 1. The van der Waals surface area contributed by atoms with Gasteiger partial charge in [0.25, 0.3) is 11.2 Å². The summed E-state index contributed by atoms with van der Waals surface area (Å²) in [5.41, 5.74) is -0.684. The molecule has 1 aromatic carbocycles. The van der Waals surface area contributed by atoms with Crippen LogP contribution in [0.15, 0.2) is 23.0 Å². The summed E-state index contributed by atoms with van der Waals surface area (Å²) in [4.78, 5) is 51.9. The van der Waals surface area contributed by atoms with Crippen molar-refractivity contribution in [3.05, 3.63) is 44.5 Å². The summed E-state index contributed by atoms with van der Waals surface area (Å²) in [7, 11) is 0. The number of rotatable bonds is 3. The fourth-order valence-corrected chi connectivity index (χ4v) is 3.25. The maximum Gasteiger partial charge on any atom is 0.284 e. The van der Waals surface area contributed by atoms with Gasteiger partial charge in [0.2, 0.25) is 11.8 Å². The normalized spacial score (nSPS) is 20.6. The zero-order valence-corrected chi connectivity index (χ0v) is 13.1. The Morgan fingerprint density at radius 2 is 1.96 bits per heavy atom. The van der Waals surface area contributed by atoms with Gasteiger partial charge >= 0.3 is 0 Å². The van der Waals surface area contributed by atoms with Gasteiger partial charge in [-0.2, -0.15) is 0 Å². The molecule has 1 unspecified atom stereocenters. The van der Waals surface area contributed by atoms with Crippen LogP contribution in [0.1, 0.15) is 43.5 Å². The summed E-state index contributed by atoms with van der Waals surface area (Å²) in [6, 6.07) is 3.42. The van der Waals surface area contributed by atoms with E-state index < -0.39 is 22.4 Å². The molecule has 1 aliphatic carbocycles. The van der Waals surface area contributed by atoms with E-state index in [1.807, 2.05) is 0 Å². The number of nitro groups is 1. The van der Waals surface area contributed by atoms with Crippen molar-refractivity contribution in [3.8, 4) is 0 Å². The van der Waals surface area contributed by atoms with Crippen LogP contribution in [0.2, 0.25) is 0 Å². The lowest BCUT2D eigenvalue weighted by Gasteiger charge is -2.25. The molecule has 0 radical (unpaired) electrons. The molecular formula is C16H14N4O5. The number of nitrogens with zero attached hydrogens (tertiary/aromatic N) is 3. The monoisotopic (exact) mass is 342 g/mol. The number of hydrogen-bond donors (Lipinski definition) is 1. The van der Waals surface area contributed by atoms with Crippen molar-refractivity contribution < 1.29 is 14.5 Å². The molecule has 1 saturated heterocycles. The number of nitro benzene ring substituents is 1. The number of carbonyl (C=O) groups excluding carboxylic acids is 2. The lowest BCUT2D eigenvalue weighted by molar-refractivity contribution is -0.383. The first-order valence-electron chi connectivity index (χ1n) is 8.00. The quantitative estimate of drug-likeness (QED) is 0.507. The highest BCUT2D eigenvalue weighted by molar-refractivity contribution is 5.99. The van der Waals surface area contributed by atoms with Crippen molar-refractivity contribution in [2.24, 2.45) is 0 Å². The predicted octanol–water partition coefficient (Wildman–Crippen LogP) is 1.16. The topological polar surface area (TPSA) is 124 Å². The maximum absolute atomic E-state index is 13.1. The molecule has 2 heterocycles. The third-order valence-corrected chi connectivity index (χ3v) is 4.60. The Morgan fingerprint density at radius 3 is 2.60 bits per heavy atom. The molecular weight excluding hydrogens is 328 g/mol. The number of benzene rings is 1. The Morgan fingerprint density at radius 1 is 1.20 bits per heavy atom. The molecule has 9 nitrogen and oxygen atoms in total. The van der Waals surface area contributed by atoms with Crippen molar-refractivity contribution in [2.75, 3.05) is 0 Å². The number of non-ortho nitro benzene ring substituents is 1. The molecule has 1 aliphatic heterocycles. The number of aromatic nitrogens is 2. The number of hydrogen-bond acceptors (Lipinski definition) is 6. The van der Waals surface area contributed by atoms with E-state index in [1.54, 1.807) is 6.07 Å². The minimum Gasteiger partial charge on any atom is -0.295 e. The highest BCUT2D eigenvalue weighted by Gasteiger charge is 2.37. The molecule has 1 aromatic heterocycles. The Balaban J connectivity index is 2.00. The number of nitrogens with one attached hydrogen (secondary N) is 1. The van der Waals surface area contributed by atoms with Crippen LogP contribution in [0.3, 0.4) is 0 Å². The molecule has 0 spiro atoms. The first kappa shape index (κ1) is 15.4. The van der Waals surface area contributed by atoms with Gasteiger partial charge in [-0.3, -0.25) is 34.4 Å². The van der Waals surface area contributed by atoms with Crippen LogP contribution < -0.4 is 10.9 Å². The van der Waals surface area contributed by atoms with Gasteiger partial charge in [0.15, 0.2) is 0 Å². The van der Waals surface area contributed by atoms with Crippen LogP contribution in [0.25, 0.3) is 10.9 Å². The first-order chi connectivity index (χ1) is 12.0. The molecule has 2 amide bonds. The van der Waals surface area contributed by atoms with Crippen LogP contribution in [0.5, 0.6) is 0 Å². The number of fused-ring (bicyclic) bond motifs is 1. The fourth-order valence-electron chi connectivity index (χ4n) is 3.25. The van der Waals surface area contributed by atoms with Crippen LogP contribution in [0, 0.1) is 10.1 Å². The van der Waals surface area contributed by atoms with Crippen LogP contribution in [-0.4, -0.2) is 26.3 Å². The Bertz CT molecular complexity index is 992. The van der Waals surface area contributed by atoms with E-state index in [0.29, 0.717) is 5.82 Å². The molecule has 1 N–H and O–H groups in total. The molecule has 0 bridgehead atoms. The third-order valence-electron chi connectivity index (χ3n) is 4.60. The highest BCUT2D eigenvalue weighted by atomic mass is 16.6. The van der Waals surface area contributed by atoms with Gasteiger partial charge in [-0.15, -0.1) is 0 Å². The van der Waals surface area contributed by atoms with Gasteiger partial charge in [0.05, 0.1) is 10.4 Å². The van der Waals surface area contributed by atoms with E-state index in [0.717, 1.165) is 12.8 Å². The van der Waals surface area contributed by atoms with Gasteiger partial charge in [-0.25, -0.2) is 4.98 Å². The average Bonchev–Trinajstić information content (AvgIpc) is 3.40. The first-order valence-corrected chi connectivity index (χ1v) is 8.00. The molecule has 128 valence electrons. The smallest absolute Gasteiger partial charge is 0.284 e. The van der Waals surface area contributed by atoms with Gasteiger partial charge in [-0.05, 0) is 25.3 Å².